The summed E-state index contributed by atoms with van der Waals surface area (Å²) >= 11 is 5.92. The van der Waals surface area contributed by atoms with E-state index in [0.29, 0.717) is 11.4 Å². The number of likely N-dealkylation sites (N-methyl/N-ethyl adjacent to an activating group) is 1. The molecule has 1 aliphatic heterocycles. The van der Waals surface area contributed by atoms with Crippen molar-refractivity contribution in [2.45, 2.75) is 44.9 Å². The summed E-state index contributed by atoms with van der Waals surface area (Å²) in [6, 6.07) is 7.25. The predicted octanol–water partition coefficient (Wildman–Crippen LogP) is 2.63. The minimum absolute atomic E-state index is 0.160. The Hall–Kier alpha value is -1.79. The average Bonchev–Trinajstić information content (AvgIpc) is 2.55. The van der Waals surface area contributed by atoms with Gasteiger partial charge in [-0.2, -0.15) is 0 Å². The van der Waals surface area contributed by atoms with E-state index in [9.17, 15) is 9.59 Å². The topological polar surface area (TPSA) is 67.9 Å². The van der Waals surface area contributed by atoms with Crippen LogP contribution in [0.1, 0.15) is 26.3 Å². The number of nitrogens with one attached hydrogen (secondary N) is 1. The molecule has 1 heterocycles. The zero-order valence-corrected chi connectivity index (χ0v) is 15.8. The van der Waals surface area contributed by atoms with Crippen molar-refractivity contribution in [2.75, 3.05) is 20.2 Å². The van der Waals surface area contributed by atoms with E-state index in [0.717, 1.165) is 5.56 Å². The zero-order valence-electron chi connectivity index (χ0n) is 15.0. The van der Waals surface area contributed by atoms with E-state index in [-0.39, 0.29) is 25.1 Å². The average molecular weight is 369 g/mol. The fraction of sp³-hybridized carbons (Fsp3) is 0.556. The Morgan fingerprint density at radius 3 is 2.52 bits per heavy atom. The van der Waals surface area contributed by atoms with Crippen LogP contribution in [0.15, 0.2) is 24.3 Å². The van der Waals surface area contributed by atoms with Crippen molar-refractivity contribution < 1.29 is 19.1 Å². The second kappa shape index (κ2) is 8.06. The number of rotatable bonds is 3. The van der Waals surface area contributed by atoms with Crippen LogP contribution in [0, 0.1) is 0 Å². The smallest absolute Gasteiger partial charge is 0.410 e. The molecule has 1 N–H and O–H groups in total. The lowest BCUT2D eigenvalue weighted by Gasteiger charge is -2.39. The molecule has 6 nitrogen and oxygen atoms in total. The molecule has 2 rings (SSSR count). The summed E-state index contributed by atoms with van der Waals surface area (Å²) in [6.45, 7) is 5.87. The maximum Gasteiger partial charge on any atom is 0.410 e. The van der Waals surface area contributed by atoms with Crippen LogP contribution in [0.25, 0.3) is 0 Å². The van der Waals surface area contributed by atoms with Gasteiger partial charge < -0.3 is 14.8 Å². The van der Waals surface area contributed by atoms with Gasteiger partial charge in [-0.05, 0) is 44.9 Å². The summed E-state index contributed by atoms with van der Waals surface area (Å²) in [5, 5.41) is 3.22. The summed E-state index contributed by atoms with van der Waals surface area (Å²) in [7, 11) is 1.54. The number of morpholine rings is 1. The Morgan fingerprint density at radius 2 is 1.96 bits per heavy atom. The van der Waals surface area contributed by atoms with Crippen LogP contribution in [0.3, 0.4) is 0 Å². The Morgan fingerprint density at radius 1 is 1.32 bits per heavy atom. The predicted molar refractivity (Wildman–Crippen MR) is 95.7 cm³/mol. The molecular weight excluding hydrogens is 344 g/mol. The summed E-state index contributed by atoms with van der Waals surface area (Å²) in [4.78, 5) is 26.1. The van der Waals surface area contributed by atoms with E-state index in [1.807, 2.05) is 45.0 Å². The van der Waals surface area contributed by atoms with Gasteiger partial charge in [0.25, 0.3) is 5.91 Å². The van der Waals surface area contributed by atoms with Crippen LogP contribution < -0.4 is 5.32 Å². The lowest BCUT2D eigenvalue weighted by atomic mass is 10.0. The number of carbonyl (C=O) groups is 2. The van der Waals surface area contributed by atoms with Gasteiger partial charge in [0, 0.05) is 12.1 Å². The van der Waals surface area contributed by atoms with E-state index in [2.05, 4.69) is 5.32 Å². The first-order chi connectivity index (χ1) is 11.7. The van der Waals surface area contributed by atoms with Crippen molar-refractivity contribution in [2.24, 2.45) is 0 Å². The van der Waals surface area contributed by atoms with Gasteiger partial charge >= 0.3 is 6.09 Å². The molecule has 1 saturated heterocycles. The van der Waals surface area contributed by atoms with E-state index in [4.69, 9.17) is 21.1 Å². The first-order valence-corrected chi connectivity index (χ1v) is 8.64. The lowest BCUT2D eigenvalue weighted by molar-refractivity contribution is -0.140. The van der Waals surface area contributed by atoms with E-state index in [1.165, 1.54) is 0 Å². The van der Waals surface area contributed by atoms with Crippen LogP contribution >= 0.6 is 11.6 Å². The van der Waals surface area contributed by atoms with Gasteiger partial charge in [-0.25, -0.2) is 4.79 Å². The van der Waals surface area contributed by atoms with Gasteiger partial charge in [0.2, 0.25) is 0 Å². The Labute approximate surface area is 153 Å². The van der Waals surface area contributed by atoms with Crippen molar-refractivity contribution in [3.05, 3.63) is 34.9 Å². The molecule has 0 radical (unpaired) electrons. The van der Waals surface area contributed by atoms with Crippen LogP contribution in [0.4, 0.5) is 4.79 Å². The molecule has 2 atom stereocenters. The quantitative estimate of drug-likeness (QED) is 0.890. The Balaban J connectivity index is 2.15. The van der Waals surface area contributed by atoms with Crippen molar-refractivity contribution in [1.29, 1.82) is 0 Å². The standard InChI is InChI=1S/C18H25ClN2O4/c1-18(2,3)25-17(23)21-10-15(16(22)20-4)24-11-14(21)9-12-5-7-13(19)8-6-12/h5-8,14-15H,9-11H2,1-4H3,(H,20,22). The molecular formula is C18H25ClN2O4. The minimum atomic E-state index is -0.695. The Bertz CT molecular complexity index is 612. The third kappa shape index (κ3) is 5.61. The first kappa shape index (κ1) is 19.5. The number of hydrogen-bond acceptors (Lipinski definition) is 4. The van der Waals surface area contributed by atoms with Gasteiger partial charge in [-0.1, -0.05) is 23.7 Å². The maximum atomic E-state index is 12.6. The fourth-order valence-corrected chi connectivity index (χ4v) is 2.75. The largest absolute Gasteiger partial charge is 0.444 e. The number of ether oxygens (including phenoxy) is 2. The summed E-state index contributed by atoms with van der Waals surface area (Å²) < 4.78 is 11.2. The molecule has 1 aromatic carbocycles. The van der Waals surface area contributed by atoms with Crippen LogP contribution in [-0.4, -0.2) is 54.8 Å². The normalized spacial score (nSPS) is 20.9. The van der Waals surface area contributed by atoms with E-state index < -0.39 is 17.8 Å². The lowest BCUT2D eigenvalue weighted by Crippen LogP contribution is -2.57. The Kier molecular flexibility index (Phi) is 6.30. The highest BCUT2D eigenvalue weighted by Gasteiger charge is 2.37. The number of hydrogen-bond donors (Lipinski definition) is 1. The molecule has 138 valence electrons. The monoisotopic (exact) mass is 368 g/mol. The highest BCUT2D eigenvalue weighted by molar-refractivity contribution is 6.30. The van der Waals surface area contributed by atoms with Gasteiger partial charge in [-0.15, -0.1) is 0 Å². The van der Waals surface area contributed by atoms with Crippen molar-refractivity contribution >= 4 is 23.6 Å². The van der Waals surface area contributed by atoms with Crippen LogP contribution in [0.5, 0.6) is 0 Å². The van der Waals surface area contributed by atoms with Gasteiger partial charge in [-0.3, -0.25) is 9.69 Å². The van der Waals surface area contributed by atoms with Crippen LogP contribution in [0.2, 0.25) is 5.02 Å². The number of carbonyl (C=O) groups excluding carboxylic acids is 2. The fourth-order valence-electron chi connectivity index (χ4n) is 2.62. The minimum Gasteiger partial charge on any atom is -0.444 e. The van der Waals surface area contributed by atoms with Crippen LogP contribution in [-0.2, 0) is 20.7 Å². The molecule has 0 saturated carbocycles. The van der Waals surface area contributed by atoms with Crippen molar-refractivity contribution in [1.82, 2.24) is 10.2 Å². The highest BCUT2D eigenvalue weighted by atomic mass is 35.5. The molecule has 1 fully saturated rings. The summed E-state index contributed by atoms with van der Waals surface area (Å²) in [6.07, 6.45) is -0.542. The molecule has 0 aromatic heterocycles. The van der Waals surface area contributed by atoms with Gasteiger partial charge in [0.05, 0.1) is 19.2 Å². The molecule has 2 unspecified atom stereocenters. The van der Waals surface area contributed by atoms with Crippen molar-refractivity contribution in [3.8, 4) is 0 Å². The van der Waals surface area contributed by atoms with Crippen molar-refractivity contribution in [3.63, 3.8) is 0 Å². The second-order valence-corrected chi connectivity index (χ2v) is 7.49. The molecule has 0 bridgehead atoms. The second-order valence-electron chi connectivity index (χ2n) is 7.05. The highest BCUT2D eigenvalue weighted by Crippen LogP contribution is 2.21. The maximum absolute atomic E-state index is 12.6. The molecule has 0 aliphatic carbocycles. The number of nitrogens with zero attached hydrogens (tertiary/aromatic N) is 1. The third-order valence-electron chi connectivity index (χ3n) is 3.84. The number of halogens is 1. The zero-order chi connectivity index (χ0) is 18.6. The van der Waals surface area contributed by atoms with E-state index in [1.54, 1.807) is 11.9 Å². The number of benzene rings is 1. The molecule has 1 aliphatic rings. The summed E-state index contributed by atoms with van der Waals surface area (Å²) in [5.74, 6) is -0.251. The molecule has 2 amide bonds. The third-order valence-corrected chi connectivity index (χ3v) is 4.10. The first-order valence-electron chi connectivity index (χ1n) is 8.27. The summed E-state index contributed by atoms with van der Waals surface area (Å²) in [5.41, 5.74) is 0.424. The van der Waals surface area contributed by atoms with Gasteiger partial charge in [0.15, 0.2) is 6.10 Å². The van der Waals surface area contributed by atoms with Gasteiger partial charge in [0.1, 0.15) is 5.60 Å². The SMILES string of the molecule is CNC(=O)C1CN(C(=O)OC(C)(C)C)C(Cc2ccc(Cl)cc2)CO1. The number of amides is 2. The van der Waals surface area contributed by atoms with E-state index >= 15 is 0 Å². The molecule has 1 aromatic rings. The molecule has 0 spiro atoms. The molecule has 7 heteroatoms. The molecule has 25 heavy (non-hydrogen) atoms.